The van der Waals surface area contributed by atoms with Crippen LogP contribution in [0.5, 0.6) is 0 Å². The molecule has 1 aromatic heterocycles. The lowest BCUT2D eigenvalue weighted by Crippen LogP contribution is -2.44. The second-order valence-corrected chi connectivity index (χ2v) is 4.14. The van der Waals surface area contributed by atoms with Crippen LogP contribution < -0.4 is 10.9 Å². The summed E-state index contributed by atoms with van der Waals surface area (Å²) < 4.78 is 1.34. The zero-order valence-electron chi connectivity index (χ0n) is 8.88. The molecule has 0 aliphatic rings. The molecule has 0 saturated heterocycles. The van der Waals surface area contributed by atoms with Gasteiger partial charge in [0.2, 0.25) is 5.91 Å². The monoisotopic (exact) mass is 303 g/mol. The molecular formula is C9H10BrN3O4. The number of aromatic nitrogens is 2. The highest BCUT2D eigenvalue weighted by Gasteiger charge is 2.19. The average Bonchev–Trinajstić information content (AvgIpc) is 2.22. The van der Waals surface area contributed by atoms with Crippen LogP contribution in [0.25, 0.3) is 0 Å². The SMILES string of the molecule is CC(=O)NC(Cn1cncc(Br)c1=O)C(=O)O. The predicted octanol–water partition coefficient (Wildman–Crippen LogP) is -0.405. The van der Waals surface area contributed by atoms with Gasteiger partial charge in [0.15, 0.2) is 0 Å². The Kier molecular flexibility index (Phi) is 4.38. The van der Waals surface area contributed by atoms with Crippen molar-refractivity contribution in [3.63, 3.8) is 0 Å². The van der Waals surface area contributed by atoms with Crippen molar-refractivity contribution in [1.82, 2.24) is 14.9 Å². The molecule has 0 spiro atoms. The van der Waals surface area contributed by atoms with Crippen molar-refractivity contribution in [2.45, 2.75) is 19.5 Å². The molecule has 17 heavy (non-hydrogen) atoms. The molecule has 1 atom stereocenters. The smallest absolute Gasteiger partial charge is 0.328 e. The van der Waals surface area contributed by atoms with Crippen LogP contribution in [0.1, 0.15) is 6.92 Å². The molecule has 0 saturated carbocycles. The molecule has 8 heteroatoms. The van der Waals surface area contributed by atoms with Gasteiger partial charge in [-0.3, -0.25) is 14.2 Å². The third kappa shape index (κ3) is 3.66. The Hall–Kier alpha value is -1.70. The number of carboxylic acid groups (broad SMARTS) is 1. The Morgan fingerprint density at radius 2 is 2.29 bits per heavy atom. The minimum Gasteiger partial charge on any atom is -0.480 e. The third-order valence-electron chi connectivity index (χ3n) is 1.91. The molecule has 0 aliphatic carbocycles. The molecule has 1 rings (SSSR count). The van der Waals surface area contributed by atoms with Gasteiger partial charge < -0.3 is 10.4 Å². The molecule has 7 nitrogen and oxygen atoms in total. The van der Waals surface area contributed by atoms with Crippen molar-refractivity contribution in [3.05, 3.63) is 27.4 Å². The molecule has 1 aromatic rings. The molecule has 0 aliphatic heterocycles. The number of carbonyl (C=O) groups excluding carboxylic acids is 1. The van der Waals surface area contributed by atoms with Crippen LogP contribution in [0.2, 0.25) is 0 Å². The Morgan fingerprint density at radius 3 is 2.82 bits per heavy atom. The largest absolute Gasteiger partial charge is 0.480 e. The Balaban J connectivity index is 2.94. The van der Waals surface area contributed by atoms with E-state index < -0.39 is 23.5 Å². The molecule has 2 N–H and O–H groups in total. The van der Waals surface area contributed by atoms with Crippen molar-refractivity contribution in [2.24, 2.45) is 0 Å². The van der Waals surface area contributed by atoms with E-state index in [1.807, 2.05) is 0 Å². The third-order valence-corrected chi connectivity index (χ3v) is 2.46. The van der Waals surface area contributed by atoms with Crippen molar-refractivity contribution >= 4 is 27.8 Å². The average molecular weight is 304 g/mol. The van der Waals surface area contributed by atoms with Gasteiger partial charge in [0, 0.05) is 13.1 Å². The maximum atomic E-state index is 11.6. The summed E-state index contributed by atoms with van der Waals surface area (Å²) in [4.78, 5) is 37.0. The lowest BCUT2D eigenvalue weighted by molar-refractivity contribution is -0.142. The zero-order chi connectivity index (χ0) is 13.0. The second kappa shape index (κ2) is 5.58. The minimum absolute atomic E-state index is 0.180. The Labute approximate surface area is 105 Å². The Morgan fingerprint density at radius 1 is 1.65 bits per heavy atom. The highest BCUT2D eigenvalue weighted by molar-refractivity contribution is 9.10. The fourth-order valence-electron chi connectivity index (χ4n) is 1.18. The number of nitrogens with zero attached hydrogens (tertiary/aromatic N) is 2. The first-order chi connectivity index (χ1) is 7.91. The van der Waals surface area contributed by atoms with Gasteiger partial charge in [0.25, 0.3) is 5.56 Å². The molecule has 1 amide bonds. The minimum atomic E-state index is -1.22. The fourth-order valence-corrected chi connectivity index (χ4v) is 1.53. The molecule has 1 heterocycles. The van der Waals surface area contributed by atoms with E-state index in [4.69, 9.17) is 5.11 Å². The van der Waals surface area contributed by atoms with Gasteiger partial charge >= 0.3 is 5.97 Å². The highest BCUT2D eigenvalue weighted by atomic mass is 79.9. The molecule has 0 radical (unpaired) electrons. The molecule has 1 unspecified atom stereocenters. The van der Waals surface area contributed by atoms with Crippen molar-refractivity contribution < 1.29 is 14.7 Å². The number of aliphatic carboxylic acids is 1. The van der Waals surface area contributed by atoms with Gasteiger partial charge in [0.1, 0.15) is 10.5 Å². The lowest BCUT2D eigenvalue weighted by Gasteiger charge is -2.14. The molecule has 92 valence electrons. The molecular weight excluding hydrogens is 294 g/mol. The van der Waals surface area contributed by atoms with Crippen LogP contribution in [0.3, 0.4) is 0 Å². The summed E-state index contributed by atoms with van der Waals surface area (Å²) in [6.07, 6.45) is 2.53. The highest BCUT2D eigenvalue weighted by Crippen LogP contribution is 1.99. The van der Waals surface area contributed by atoms with E-state index in [9.17, 15) is 14.4 Å². The van der Waals surface area contributed by atoms with Crippen LogP contribution in [-0.2, 0) is 16.1 Å². The van der Waals surface area contributed by atoms with Crippen molar-refractivity contribution in [2.75, 3.05) is 0 Å². The van der Waals surface area contributed by atoms with E-state index in [-0.39, 0.29) is 11.0 Å². The summed E-state index contributed by atoms with van der Waals surface area (Å²) in [6.45, 7) is 1.03. The molecule has 0 aromatic carbocycles. The van der Waals surface area contributed by atoms with Gasteiger partial charge in [-0.1, -0.05) is 0 Å². The van der Waals surface area contributed by atoms with Crippen LogP contribution in [0, 0.1) is 0 Å². The van der Waals surface area contributed by atoms with Gasteiger partial charge in [-0.2, -0.15) is 0 Å². The first-order valence-corrected chi connectivity index (χ1v) is 5.41. The first kappa shape index (κ1) is 13.4. The summed E-state index contributed by atoms with van der Waals surface area (Å²) in [5, 5.41) is 11.1. The van der Waals surface area contributed by atoms with Gasteiger partial charge in [0.05, 0.1) is 12.9 Å². The van der Waals surface area contributed by atoms with Crippen LogP contribution in [0.4, 0.5) is 0 Å². The maximum absolute atomic E-state index is 11.6. The van der Waals surface area contributed by atoms with Crippen LogP contribution in [0.15, 0.2) is 21.8 Å². The lowest BCUT2D eigenvalue weighted by atomic mass is 10.3. The predicted molar refractivity (Wildman–Crippen MR) is 61.4 cm³/mol. The number of halogens is 1. The summed E-state index contributed by atoms with van der Waals surface area (Å²) in [5.74, 6) is -1.69. The summed E-state index contributed by atoms with van der Waals surface area (Å²) >= 11 is 2.99. The number of hydrogen-bond donors (Lipinski definition) is 2. The normalized spacial score (nSPS) is 11.9. The van der Waals surface area contributed by atoms with Crippen molar-refractivity contribution in [3.8, 4) is 0 Å². The first-order valence-electron chi connectivity index (χ1n) is 4.61. The number of nitrogens with one attached hydrogen (secondary N) is 1. The quantitative estimate of drug-likeness (QED) is 0.788. The second-order valence-electron chi connectivity index (χ2n) is 3.29. The fraction of sp³-hybridized carbons (Fsp3) is 0.333. The molecule has 0 bridgehead atoms. The van der Waals surface area contributed by atoms with E-state index in [2.05, 4.69) is 26.2 Å². The van der Waals surface area contributed by atoms with E-state index in [0.717, 1.165) is 4.57 Å². The van der Waals surface area contributed by atoms with E-state index in [0.29, 0.717) is 0 Å². The van der Waals surface area contributed by atoms with Gasteiger partial charge in [-0.15, -0.1) is 0 Å². The van der Waals surface area contributed by atoms with E-state index in [1.165, 1.54) is 19.4 Å². The number of hydrogen-bond acceptors (Lipinski definition) is 4. The molecule has 0 fully saturated rings. The van der Waals surface area contributed by atoms with Crippen molar-refractivity contribution in [1.29, 1.82) is 0 Å². The standard InChI is InChI=1S/C9H10BrN3O4/c1-5(14)12-7(9(16)17)3-13-4-11-2-6(10)8(13)15/h2,4,7H,3H2,1H3,(H,12,14)(H,16,17). The number of carboxylic acids is 1. The Bertz CT molecular complexity index is 499. The van der Waals surface area contributed by atoms with E-state index in [1.54, 1.807) is 0 Å². The zero-order valence-corrected chi connectivity index (χ0v) is 10.5. The topological polar surface area (TPSA) is 101 Å². The van der Waals surface area contributed by atoms with E-state index >= 15 is 0 Å². The number of carbonyl (C=O) groups is 2. The number of rotatable bonds is 4. The van der Waals surface area contributed by atoms with Gasteiger partial charge in [-0.25, -0.2) is 9.78 Å². The summed E-state index contributed by atoms with van der Waals surface area (Å²) in [6, 6.07) is -1.17. The van der Waals surface area contributed by atoms with Gasteiger partial charge in [-0.05, 0) is 15.9 Å². The number of amides is 1. The maximum Gasteiger partial charge on any atom is 0.328 e. The summed E-state index contributed by atoms with van der Waals surface area (Å²) in [5.41, 5.74) is -0.406. The van der Waals surface area contributed by atoms with Crippen LogP contribution >= 0.6 is 15.9 Å². The van der Waals surface area contributed by atoms with Crippen LogP contribution in [-0.4, -0.2) is 32.6 Å². The summed E-state index contributed by atoms with van der Waals surface area (Å²) in [7, 11) is 0.